The summed E-state index contributed by atoms with van der Waals surface area (Å²) in [6.45, 7) is 5.96. The molecule has 0 bridgehead atoms. The molecule has 1 aliphatic heterocycles. The first kappa shape index (κ1) is 17.4. The van der Waals surface area contributed by atoms with Crippen molar-refractivity contribution in [1.29, 1.82) is 0 Å². The normalized spacial score (nSPS) is 15.1. The topological polar surface area (TPSA) is 61.4 Å². The van der Waals surface area contributed by atoms with E-state index < -0.39 is 0 Å². The van der Waals surface area contributed by atoms with Crippen LogP contribution in [0.1, 0.15) is 15.9 Å². The second-order valence-corrected chi connectivity index (χ2v) is 7.04. The number of hydrogen-bond donors (Lipinski definition) is 1. The minimum atomic E-state index is -0.123. The molecule has 0 aliphatic carbocycles. The van der Waals surface area contributed by atoms with Gasteiger partial charge in [-0.3, -0.25) is 4.79 Å². The van der Waals surface area contributed by atoms with Crippen LogP contribution in [0, 0.1) is 6.92 Å². The van der Waals surface area contributed by atoms with Crippen molar-refractivity contribution in [3.63, 3.8) is 0 Å². The summed E-state index contributed by atoms with van der Waals surface area (Å²) in [6.07, 6.45) is 1.60. The van der Waals surface area contributed by atoms with Gasteiger partial charge in [-0.15, -0.1) is 0 Å². The van der Waals surface area contributed by atoms with E-state index in [1.54, 1.807) is 6.33 Å². The Morgan fingerprint density at radius 3 is 2.48 bits per heavy atom. The van der Waals surface area contributed by atoms with Crippen LogP contribution >= 0.6 is 0 Å². The third-order valence-corrected chi connectivity index (χ3v) is 4.99. The molecule has 2 heterocycles. The molecule has 1 fully saturated rings. The summed E-state index contributed by atoms with van der Waals surface area (Å²) >= 11 is 0. The number of benzene rings is 2. The zero-order valence-corrected chi connectivity index (χ0v) is 15.6. The highest BCUT2D eigenvalue weighted by Gasteiger charge is 2.18. The third-order valence-electron chi connectivity index (χ3n) is 4.99. The first-order valence-corrected chi connectivity index (χ1v) is 9.16. The first-order valence-electron chi connectivity index (χ1n) is 9.16. The van der Waals surface area contributed by atoms with Crippen LogP contribution in [-0.4, -0.2) is 54.0 Å². The fraction of sp³-hybridized carbons (Fsp3) is 0.286. The van der Waals surface area contributed by atoms with Gasteiger partial charge in [0.1, 0.15) is 12.1 Å². The van der Waals surface area contributed by atoms with E-state index in [1.165, 1.54) is 0 Å². The van der Waals surface area contributed by atoms with Crippen LogP contribution in [0.5, 0.6) is 0 Å². The zero-order valence-electron chi connectivity index (χ0n) is 15.6. The summed E-state index contributed by atoms with van der Waals surface area (Å²) in [7, 11) is 2.14. The van der Waals surface area contributed by atoms with Gasteiger partial charge in [0.15, 0.2) is 0 Å². The van der Waals surface area contributed by atoms with Crippen molar-refractivity contribution in [2.24, 2.45) is 0 Å². The van der Waals surface area contributed by atoms with Crippen molar-refractivity contribution in [2.75, 3.05) is 43.4 Å². The third kappa shape index (κ3) is 3.75. The molecule has 138 valence electrons. The van der Waals surface area contributed by atoms with Crippen molar-refractivity contribution in [3.8, 4) is 0 Å². The number of anilines is 2. The molecular weight excluding hydrogens is 338 g/mol. The molecule has 0 saturated carbocycles. The van der Waals surface area contributed by atoms with Gasteiger partial charge >= 0.3 is 0 Å². The van der Waals surface area contributed by atoms with E-state index in [0.29, 0.717) is 5.56 Å². The van der Waals surface area contributed by atoms with E-state index in [9.17, 15) is 4.79 Å². The molecule has 1 amide bonds. The maximum atomic E-state index is 12.4. The number of nitrogens with one attached hydrogen (secondary N) is 1. The SMILES string of the molecule is Cc1ccc(C(=O)Nc2ccc3c(N4CCN(C)CC4)ncnc3c2)cc1. The molecule has 6 nitrogen and oxygen atoms in total. The average molecular weight is 361 g/mol. The predicted molar refractivity (Wildman–Crippen MR) is 108 cm³/mol. The molecule has 0 spiro atoms. The monoisotopic (exact) mass is 361 g/mol. The number of likely N-dealkylation sites (N-methyl/N-ethyl adjacent to an activating group) is 1. The van der Waals surface area contributed by atoms with Gasteiger partial charge in [-0.1, -0.05) is 17.7 Å². The molecule has 1 aliphatic rings. The zero-order chi connectivity index (χ0) is 18.8. The summed E-state index contributed by atoms with van der Waals surface area (Å²) in [5, 5.41) is 3.96. The molecule has 1 saturated heterocycles. The van der Waals surface area contributed by atoms with E-state index in [0.717, 1.165) is 54.2 Å². The Bertz CT molecular complexity index is 962. The molecule has 0 radical (unpaired) electrons. The lowest BCUT2D eigenvalue weighted by Crippen LogP contribution is -2.44. The fourth-order valence-electron chi connectivity index (χ4n) is 3.30. The summed E-state index contributed by atoms with van der Waals surface area (Å²) in [5.41, 5.74) is 3.34. The Morgan fingerprint density at radius 1 is 1.00 bits per heavy atom. The molecule has 0 unspecified atom stereocenters. The lowest BCUT2D eigenvalue weighted by atomic mass is 10.1. The second-order valence-electron chi connectivity index (χ2n) is 7.04. The van der Waals surface area contributed by atoms with Crippen LogP contribution in [-0.2, 0) is 0 Å². The van der Waals surface area contributed by atoms with Crippen LogP contribution < -0.4 is 10.2 Å². The number of rotatable bonds is 3. The van der Waals surface area contributed by atoms with Crippen molar-refractivity contribution in [1.82, 2.24) is 14.9 Å². The number of carbonyl (C=O) groups excluding carboxylic acids is 1. The van der Waals surface area contributed by atoms with Gasteiger partial charge in [-0.05, 0) is 44.3 Å². The number of amides is 1. The van der Waals surface area contributed by atoms with Crippen LogP contribution in [0.2, 0.25) is 0 Å². The smallest absolute Gasteiger partial charge is 0.255 e. The molecule has 6 heteroatoms. The highest BCUT2D eigenvalue weighted by atomic mass is 16.1. The summed E-state index contributed by atoms with van der Waals surface area (Å²) in [4.78, 5) is 26.0. The van der Waals surface area contributed by atoms with Gasteiger partial charge < -0.3 is 15.1 Å². The minimum absolute atomic E-state index is 0.123. The standard InChI is InChI=1S/C21H23N5O/c1-15-3-5-16(6-4-15)21(27)24-17-7-8-18-19(13-17)22-14-23-20(18)26-11-9-25(2)10-12-26/h3-8,13-14H,9-12H2,1-2H3,(H,24,27). The second kappa shape index (κ2) is 7.32. The van der Waals surface area contributed by atoms with E-state index in [4.69, 9.17) is 0 Å². The number of carbonyl (C=O) groups is 1. The number of nitrogens with zero attached hydrogens (tertiary/aromatic N) is 4. The van der Waals surface area contributed by atoms with Crippen molar-refractivity contribution in [2.45, 2.75) is 6.92 Å². The van der Waals surface area contributed by atoms with Crippen LogP contribution in [0.15, 0.2) is 48.8 Å². The van der Waals surface area contributed by atoms with Gasteiger partial charge in [0.25, 0.3) is 5.91 Å². The predicted octanol–water partition coefficient (Wildman–Crippen LogP) is 2.94. The maximum absolute atomic E-state index is 12.4. The van der Waals surface area contributed by atoms with E-state index in [-0.39, 0.29) is 5.91 Å². The lowest BCUT2D eigenvalue weighted by molar-refractivity contribution is 0.102. The number of aryl methyl sites for hydroxylation is 1. The molecule has 3 aromatic rings. The molecular formula is C21H23N5O. The largest absolute Gasteiger partial charge is 0.353 e. The van der Waals surface area contributed by atoms with Gasteiger partial charge in [0.05, 0.1) is 5.52 Å². The van der Waals surface area contributed by atoms with Gasteiger partial charge in [0, 0.05) is 42.8 Å². The highest BCUT2D eigenvalue weighted by Crippen LogP contribution is 2.26. The average Bonchev–Trinajstić information content (AvgIpc) is 2.68. The highest BCUT2D eigenvalue weighted by molar-refractivity contribution is 6.05. The Hall–Kier alpha value is -2.99. The first-order chi connectivity index (χ1) is 13.1. The molecule has 4 rings (SSSR count). The van der Waals surface area contributed by atoms with E-state index in [2.05, 4.69) is 32.1 Å². The molecule has 0 atom stereocenters. The number of piperazine rings is 1. The molecule has 2 aromatic carbocycles. The fourth-order valence-corrected chi connectivity index (χ4v) is 3.30. The number of hydrogen-bond acceptors (Lipinski definition) is 5. The molecule has 1 aromatic heterocycles. The lowest BCUT2D eigenvalue weighted by Gasteiger charge is -2.33. The van der Waals surface area contributed by atoms with Gasteiger partial charge in [-0.25, -0.2) is 9.97 Å². The summed E-state index contributed by atoms with van der Waals surface area (Å²) in [5.74, 6) is 0.840. The molecule has 1 N–H and O–H groups in total. The minimum Gasteiger partial charge on any atom is -0.353 e. The molecule has 27 heavy (non-hydrogen) atoms. The number of fused-ring (bicyclic) bond motifs is 1. The number of aromatic nitrogens is 2. The maximum Gasteiger partial charge on any atom is 0.255 e. The van der Waals surface area contributed by atoms with Crippen LogP contribution in [0.4, 0.5) is 11.5 Å². The Labute approximate surface area is 158 Å². The summed E-state index contributed by atoms with van der Waals surface area (Å²) < 4.78 is 0. The Kier molecular flexibility index (Phi) is 4.73. The van der Waals surface area contributed by atoms with Crippen LogP contribution in [0.3, 0.4) is 0 Å². The van der Waals surface area contributed by atoms with Crippen molar-refractivity contribution in [3.05, 3.63) is 59.9 Å². The Balaban J connectivity index is 1.57. The van der Waals surface area contributed by atoms with E-state index >= 15 is 0 Å². The van der Waals surface area contributed by atoms with Crippen molar-refractivity contribution >= 4 is 28.3 Å². The Morgan fingerprint density at radius 2 is 1.74 bits per heavy atom. The van der Waals surface area contributed by atoms with Crippen LogP contribution in [0.25, 0.3) is 10.9 Å². The van der Waals surface area contributed by atoms with Gasteiger partial charge in [0.2, 0.25) is 0 Å². The van der Waals surface area contributed by atoms with E-state index in [1.807, 2.05) is 49.4 Å². The van der Waals surface area contributed by atoms with Gasteiger partial charge in [-0.2, -0.15) is 0 Å². The van der Waals surface area contributed by atoms with Crippen molar-refractivity contribution < 1.29 is 4.79 Å². The summed E-state index contributed by atoms with van der Waals surface area (Å²) in [6, 6.07) is 13.3. The quantitative estimate of drug-likeness (QED) is 0.777.